The molecule has 1 aromatic carbocycles. The third-order valence-corrected chi connectivity index (χ3v) is 6.36. The molecule has 0 radical (unpaired) electrons. The van der Waals surface area contributed by atoms with E-state index in [0.717, 1.165) is 34.6 Å². The molecule has 0 unspecified atom stereocenters. The van der Waals surface area contributed by atoms with Crippen LogP contribution in [0.1, 0.15) is 41.7 Å². The van der Waals surface area contributed by atoms with E-state index in [4.69, 9.17) is 0 Å². The third kappa shape index (κ3) is 4.64. The van der Waals surface area contributed by atoms with Gasteiger partial charge in [0.1, 0.15) is 5.69 Å². The molecule has 1 aliphatic rings. The van der Waals surface area contributed by atoms with Gasteiger partial charge in [-0.3, -0.25) is 9.36 Å². The number of hydrogen-bond acceptors (Lipinski definition) is 6. The lowest BCUT2D eigenvalue weighted by molar-refractivity contribution is 0.0944. The fraction of sp³-hybridized carbons (Fsp3) is 0.409. The van der Waals surface area contributed by atoms with Gasteiger partial charge < -0.3 is 15.1 Å². The van der Waals surface area contributed by atoms with Gasteiger partial charge in [-0.25, -0.2) is 0 Å². The number of rotatable bonds is 6. The van der Waals surface area contributed by atoms with Crippen LogP contribution in [0.5, 0.6) is 0 Å². The highest BCUT2D eigenvalue weighted by molar-refractivity contribution is 7.17. The Bertz CT molecular complexity index is 970. The van der Waals surface area contributed by atoms with Crippen molar-refractivity contribution in [3.05, 3.63) is 53.9 Å². The van der Waals surface area contributed by atoms with Crippen LogP contribution < -0.4 is 15.1 Å². The van der Waals surface area contributed by atoms with E-state index in [1.54, 1.807) is 0 Å². The molecule has 0 bridgehead atoms. The van der Waals surface area contributed by atoms with Gasteiger partial charge >= 0.3 is 0 Å². The lowest BCUT2D eigenvalue weighted by atomic mass is 10.2. The Balaban J connectivity index is 1.43. The highest BCUT2D eigenvalue weighted by Gasteiger charge is 2.18. The minimum atomic E-state index is -0.122. The van der Waals surface area contributed by atoms with Crippen molar-refractivity contribution in [1.29, 1.82) is 0 Å². The highest BCUT2D eigenvalue weighted by atomic mass is 32.1. The summed E-state index contributed by atoms with van der Waals surface area (Å²) in [4.78, 5) is 17.2. The molecule has 1 saturated heterocycles. The zero-order valence-corrected chi connectivity index (χ0v) is 18.4. The van der Waals surface area contributed by atoms with E-state index in [0.29, 0.717) is 12.2 Å². The van der Waals surface area contributed by atoms with Crippen molar-refractivity contribution in [1.82, 2.24) is 20.1 Å². The fourth-order valence-corrected chi connectivity index (χ4v) is 4.51. The van der Waals surface area contributed by atoms with Crippen LogP contribution in [0.4, 0.5) is 10.8 Å². The standard InChI is InChI=1S/C22H28N6OS/c1-26(2)18-11-9-17(10-12-18)16-23-20(29)19-8-7-15-28(19)22-25-24-21(30-22)27-13-5-3-4-6-14-27/h7-12,15H,3-6,13-14,16H2,1-2H3,(H,23,29). The second-order valence-electron chi connectivity index (χ2n) is 7.78. The van der Waals surface area contributed by atoms with E-state index in [1.165, 1.54) is 37.0 Å². The van der Waals surface area contributed by atoms with Crippen molar-refractivity contribution in [3.63, 3.8) is 0 Å². The lowest BCUT2D eigenvalue weighted by Gasteiger charge is -2.17. The van der Waals surface area contributed by atoms with E-state index in [9.17, 15) is 4.79 Å². The number of hydrogen-bond donors (Lipinski definition) is 1. The summed E-state index contributed by atoms with van der Waals surface area (Å²) in [7, 11) is 4.02. The van der Waals surface area contributed by atoms with Crippen molar-refractivity contribution in [2.24, 2.45) is 0 Å². The van der Waals surface area contributed by atoms with Crippen LogP contribution in [-0.2, 0) is 6.54 Å². The van der Waals surface area contributed by atoms with Crippen molar-refractivity contribution in [3.8, 4) is 5.13 Å². The van der Waals surface area contributed by atoms with Gasteiger partial charge in [0, 0.05) is 45.6 Å². The summed E-state index contributed by atoms with van der Waals surface area (Å²) in [5.41, 5.74) is 2.76. The first kappa shape index (κ1) is 20.4. The van der Waals surface area contributed by atoms with Crippen molar-refractivity contribution < 1.29 is 4.79 Å². The molecule has 4 rings (SSSR count). The van der Waals surface area contributed by atoms with Crippen LogP contribution in [0, 0.1) is 0 Å². The molecule has 1 amide bonds. The number of nitrogens with one attached hydrogen (secondary N) is 1. The predicted molar refractivity (Wildman–Crippen MR) is 122 cm³/mol. The summed E-state index contributed by atoms with van der Waals surface area (Å²) >= 11 is 1.54. The van der Waals surface area contributed by atoms with Crippen molar-refractivity contribution in [2.45, 2.75) is 32.2 Å². The first-order valence-electron chi connectivity index (χ1n) is 10.4. The van der Waals surface area contributed by atoms with Gasteiger partial charge in [-0.05, 0) is 42.7 Å². The topological polar surface area (TPSA) is 66.3 Å². The molecule has 3 aromatic rings. The Kier molecular flexibility index (Phi) is 6.32. The molecule has 3 heterocycles. The predicted octanol–water partition coefficient (Wildman–Crippen LogP) is 3.71. The van der Waals surface area contributed by atoms with Crippen LogP contribution in [-0.4, -0.2) is 47.9 Å². The second-order valence-corrected chi connectivity index (χ2v) is 8.71. The number of carbonyl (C=O) groups is 1. The first-order chi connectivity index (χ1) is 14.6. The SMILES string of the molecule is CN(C)c1ccc(CNC(=O)c2cccn2-c2nnc(N3CCCCCC3)s2)cc1. The van der Waals surface area contributed by atoms with Crippen LogP contribution >= 0.6 is 11.3 Å². The third-order valence-electron chi connectivity index (χ3n) is 5.37. The Morgan fingerprint density at radius 3 is 2.43 bits per heavy atom. The van der Waals surface area contributed by atoms with Gasteiger partial charge in [0.15, 0.2) is 0 Å². The van der Waals surface area contributed by atoms with Gasteiger partial charge in [-0.2, -0.15) is 0 Å². The molecule has 158 valence electrons. The lowest BCUT2D eigenvalue weighted by Crippen LogP contribution is -2.25. The molecule has 1 fully saturated rings. The molecular weight excluding hydrogens is 396 g/mol. The molecule has 2 aromatic heterocycles. The molecular formula is C22H28N6OS. The van der Waals surface area contributed by atoms with Gasteiger partial charge in [0.2, 0.25) is 10.3 Å². The van der Waals surface area contributed by atoms with Gasteiger partial charge in [-0.1, -0.05) is 36.3 Å². The average Bonchev–Trinajstić information content (AvgIpc) is 3.36. The molecule has 7 nitrogen and oxygen atoms in total. The number of amides is 1. The molecule has 0 aliphatic carbocycles. The Labute approximate surface area is 181 Å². The normalized spacial score (nSPS) is 14.4. The van der Waals surface area contributed by atoms with Gasteiger partial charge in [0.25, 0.3) is 5.91 Å². The minimum absolute atomic E-state index is 0.122. The van der Waals surface area contributed by atoms with Crippen LogP contribution in [0.15, 0.2) is 42.6 Å². The molecule has 0 atom stereocenters. The van der Waals surface area contributed by atoms with E-state index in [-0.39, 0.29) is 5.91 Å². The van der Waals surface area contributed by atoms with Crippen LogP contribution in [0.25, 0.3) is 5.13 Å². The second kappa shape index (κ2) is 9.30. The number of carbonyl (C=O) groups excluding carboxylic acids is 1. The van der Waals surface area contributed by atoms with Gasteiger partial charge in [-0.15, -0.1) is 10.2 Å². The smallest absolute Gasteiger partial charge is 0.268 e. The largest absolute Gasteiger partial charge is 0.378 e. The maximum Gasteiger partial charge on any atom is 0.268 e. The summed E-state index contributed by atoms with van der Waals surface area (Å²) in [5, 5.41) is 13.4. The monoisotopic (exact) mass is 424 g/mol. The molecule has 1 aliphatic heterocycles. The first-order valence-corrected chi connectivity index (χ1v) is 11.2. The van der Waals surface area contributed by atoms with E-state index >= 15 is 0 Å². The Hall–Kier alpha value is -2.87. The van der Waals surface area contributed by atoms with E-state index in [1.807, 2.05) is 49.1 Å². The van der Waals surface area contributed by atoms with Crippen LogP contribution in [0.3, 0.4) is 0 Å². The summed E-state index contributed by atoms with van der Waals surface area (Å²) < 4.78 is 1.82. The van der Waals surface area contributed by atoms with Gasteiger partial charge in [0.05, 0.1) is 0 Å². The highest BCUT2D eigenvalue weighted by Crippen LogP contribution is 2.26. The minimum Gasteiger partial charge on any atom is -0.378 e. The Morgan fingerprint density at radius 2 is 1.73 bits per heavy atom. The molecule has 1 N–H and O–H groups in total. The quantitative estimate of drug-likeness (QED) is 0.654. The number of benzene rings is 1. The maximum atomic E-state index is 12.8. The number of aromatic nitrogens is 3. The zero-order valence-electron chi connectivity index (χ0n) is 17.5. The maximum absolute atomic E-state index is 12.8. The van der Waals surface area contributed by atoms with Crippen LogP contribution in [0.2, 0.25) is 0 Å². The average molecular weight is 425 g/mol. The summed E-state index contributed by atoms with van der Waals surface area (Å²) in [6.07, 6.45) is 6.82. The number of nitrogens with zero attached hydrogens (tertiary/aromatic N) is 5. The molecule has 0 spiro atoms. The summed E-state index contributed by atoms with van der Waals surface area (Å²) in [6.45, 7) is 2.54. The zero-order chi connectivity index (χ0) is 20.9. The molecule has 30 heavy (non-hydrogen) atoms. The number of anilines is 2. The van der Waals surface area contributed by atoms with E-state index in [2.05, 4.69) is 37.4 Å². The Morgan fingerprint density at radius 1 is 1.03 bits per heavy atom. The van der Waals surface area contributed by atoms with E-state index < -0.39 is 0 Å². The van der Waals surface area contributed by atoms with Crippen molar-refractivity contribution >= 4 is 28.1 Å². The molecule has 0 saturated carbocycles. The molecule has 8 heteroatoms. The summed E-state index contributed by atoms with van der Waals surface area (Å²) in [5.74, 6) is -0.122. The summed E-state index contributed by atoms with van der Waals surface area (Å²) in [6, 6.07) is 11.9. The fourth-order valence-electron chi connectivity index (χ4n) is 3.61. The van der Waals surface area contributed by atoms with Crippen molar-refractivity contribution in [2.75, 3.05) is 37.0 Å².